The Morgan fingerprint density at radius 2 is 1.68 bits per heavy atom. The maximum atomic E-state index is 14.1. The van der Waals surface area contributed by atoms with E-state index in [-0.39, 0.29) is 22.8 Å². The Morgan fingerprint density at radius 3 is 2.39 bits per heavy atom. The number of hydrogen-bond donors (Lipinski definition) is 0. The van der Waals surface area contributed by atoms with Gasteiger partial charge in [0, 0.05) is 21.8 Å². The van der Waals surface area contributed by atoms with Crippen LogP contribution in [0.2, 0.25) is 15.1 Å². The molecule has 0 saturated carbocycles. The van der Waals surface area contributed by atoms with E-state index in [1.54, 1.807) is 48.5 Å². The molecule has 0 saturated heterocycles. The van der Waals surface area contributed by atoms with Gasteiger partial charge in [0.15, 0.2) is 16.3 Å². The summed E-state index contributed by atoms with van der Waals surface area (Å²) >= 11 is 20.1. The van der Waals surface area contributed by atoms with E-state index in [1.165, 1.54) is 17.9 Å². The minimum atomic E-state index is -0.834. The number of carbonyl (C=O) groups is 1. The second kappa shape index (κ2) is 13.9. The monoisotopic (exact) mass is 672 g/mol. The first-order valence-corrected chi connectivity index (χ1v) is 15.5. The van der Waals surface area contributed by atoms with Crippen LogP contribution in [0.1, 0.15) is 36.6 Å². The number of fused-ring (bicyclic) bond motifs is 1. The SMILES string of the molecule is CCOc1ccc([C@@H]2C(C(=O)OC)=CN=c3s/c(=C/c4cc(Cl)cc(Cl)c4OCc4ccc(Cl)cc4)c(=O)n32)cc1OCC. The van der Waals surface area contributed by atoms with E-state index in [4.69, 9.17) is 53.8 Å². The highest BCUT2D eigenvalue weighted by molar-refractivity contribution is 7.07. The Hall–Kier alpha value is -3.76. The quantitative estimate of drug-likeness (QED) is 0.182. The number of halogens is 3. The smallest absolute Gasteiger partial charge is 0.337 e. The third kappa shape index (κ3) is 6.66. The van der Waals surface area contributed by atoms with Crippen LogP contribution in [-0.2, 0) is 16.1 Å². The maximum absolute atomic E-state index is 14.1. The van der Waals surface area contributed by atoms with Crippen molar-refractivity contribution >= 4 is 58.2 Å². The van der Waals surface area contributed by atoms with Crippen LogP contribution in [0, 0.1) is 0 Å². The maximum Gasteiger partial charge on any atom is 0.337 e. The van der Waals surface area contributed by atoms with E-state index >= 15 is 0 Å². The molecule has 228 valence electrons. The highest BCUT2D eigenvalue weighted by Crippen LogP contribution is 2.36. The predicted octanol–water partition coefficient (Wildman–Crippen LogP) is 6.35. The Balaban J connectivity index is 1.62. The largest absolute Gasteiger partial charge is 0.490 e. The van der Waals surface area contributed by atoms with Crippen LogP contribution in [0.4, 0.5) is 0 Å². The Kier molecular flexibility index (Phi) is 10.0. The zero-order valence-electron chi connectivity index (χ0n) is 23.9. The van der Waals surface area contributed by atoms with Crippen molar-refractivity contribution in [2.45, 2.75) is 26.5 Å². The second-order valence-electron chi connectivity index (χ2n) is 9.47. The van der Waals surface area contributed by atoms with E-state index in [0.29, 0.717) is 61.0 Å². The van der Waals surface area contributed by atoms with E-state index in [1.807, 2.05) is 26.0 Å². The molecule has 3 aromatic carbocycles. The van der Waals surface area contributed by atoms with Crippen molar-refractivity contribution < 1.29 is 23.7 Å². The Morgan fingerprint density at radius 1 is 0.955 bits per heavy atom. The minimum absolute atomic E-state index is 0.191. The summed E-state index contributed by atoms with van der Waals surface area (Å²) in [6, 6.07) is 14.9. The summed E-state index contributed by atoms with van der Waals surface area (Å²) in [6.45, 7) is 4.79. The summed E-state index contributed by atoms with van der Waals surface area (Å²) < 4.78 is 24.5. The molecule has 44 heavy (non-hydrogen) atoms. The number of aromatic nitrogens is 1. The van der Waals surface area contributed by atoms with Gasteiger partial charge in [-0.15, -0.1) is 0 Å². The molecular weight excluding hydrogens is 647 g/mol. The summed E-state index contributed by atoms with van der Waals surface area (Å²) in [5.74, 6) is 0.792. The van der Waals surface area contributed by atoms with Crippen molar-refractivity contribution in [3.63, 3.8) is 0 Å². The number of carbonyl (C=O) groups excluding carboxylic acids is 1. The number of esters is 1. The molecule has 1 aromatic heterocycles. The van der Waals surface area contributed by atoms with E-state index in [0.717, 1.165) is 16.9 Å². The van der Waals surface area contributed by atoms with Crippen molar-refractivity contribution in [3.8, 4) is 17.2 Å². The van der Waals surface area contributed by atoms with Crippen LogP contribution in [-0.4, -0.2) is 30.9 Å². The number of benzene rings is 3. The van der Waals surface area contributed by atoms with Gasteiger partial charge in [-0.3, -0.25) is 9.36 Å². The lowest BCUT2D eigenvalue weighted by atomic mass is 9.97. The molecule has 5 rings (SSSR count). The summed E-state index contributed by atoms with van der Waals surface area (Å²) in [6.07, 6.45) is 3.08. The molecule has 12 heteroatoms. The van der Waals surface area contributed by atoms with Gasteiger partial charge in [-0.2, -0.15) is 0 Å². The van der Waals surface area contributed by atoms with Gasteiger partial charge in [0.2, 0.25) is 0 Å². The lowest BCUT2D eigenvalue weighted by Gasteiger charge is -2.23. The van der Waals surface area contributed by atoms with Gasteiger partial charge in [0.1, 0.15) is 12.4 Å². The Labute approximate surface area is 272 Å². The summed E-state index contributed by atoms with van der Waals surface area (Å²) in [5, 5.41) is 1.27. The van der Waals surface area contributed by atoms with Crippen molar-refractivity contribution in [3.05, 3.63) is 118 Å². The van der Waals surface area contributed by atoms with Gasteiger partial charge in [-0.05, 0) is 67.4 Å². The normalized spacial score (nSPS) is 14.4. The zero-order chi connectivity index (χ0) is 31.4. The highest BCUT2D eigenvalue weighted by Gasteiger charge is 2.31. The molecular formula is C32H27Cl3N2O6S. The molecule has 0 bridgehead atoms. The van der Waals surface area contributed by atoms with Crippen molar-refractivity contribution in [1.82, 2.24) is 4.57 Å². The highest BCUT2D eigenvalue weighted by atomic mass is 35.5. The number of ether oxygens (including phenoxy) is 4. The molecule has 8 nitrogen and oxygen atoms in total. The van der Waals surface area contributed by atoms with E-state index in [9.17, 15) is 9.59 Å². The van der Waals surface area contributed by atoms with E-state index < -0.39 is 12.0 Å². The number of hydrogen-bond acceptors (Lipinski definition) is 8. The summed E-state index contributed by atoms with van der Waals surface area (Å²) in [7, 11) is 1.28. The van der Waals surface area contributed by atoms with Gasteiger partial charge in [0.05, 0.1) is 41.5 Å². The standard InChI is InChI=1S/C32H27Cl3N2O6S/c1-4-41-25-11-8-19(13-26(25)42-5-2)28-23(31(39)40-3)16-36-32-37(28)30(38)27(44-32)14-20-12-22(34)15-24(35)29(20)43-17-18-6-9-21(33)10-7-18/h6-16,28H,4-5,17H2,1-3H3/b27-14+/t28-/m1/s1. The molecule has 0 N–H and O–H groups in total. The fraction of sp³-hybridized carbons (Fsp3) is 0.219. The number of thiazole rings is 1. The topological polar surface area (TPSA) is 88.4 Å². The molecule has 1 aliphatic rings. The third-order valence-corrected chi connectivity index (χ3v) is 8.38. The Bertz CT molecular complexity index is 1920. The number of nitrogens with zero attached hydrogens (tertiary/aromatic N) is 2. The molecule has 0 fully saturated rings. The van der Waals surface area contributed by atoms with Crippen LogP contribution in [0.25, 0.3) is 6.08 Å². The fourth-order valence-electron chi connectivity index (χ4n) is 4.70. The summed E-state index contributed by atoms with van der Waals surface area (Å²) in [4.78, 5) is 31.8. The van der Waals surface area contributed by atoms with Crippen LogP contribution in [0.5, 0.6) is 17.2 Å². The van der Waals surface area contributed by atoms with Crippen LogP contribution in [0.15, 0.2) is 76.2 Å². The first kappa shape index (κ1) is 31.7. The third-order valence-electron chi connectivity index (χ3n) is 6.63. The van der Waals surface area contributed by atoms with E-state index in [2.05, 4.69) is 4.99 Å². The molecule has 1 aliphatic heterocycles. The van der Waals surface area contributed by atoms with Gasteiger partial charge in [-0.25, -0.2) is 9.79 Å². The molecule has 0 unspecified atom stereocenters. The predicted molar refractivity (Wildman–Crippen MR) is 172 cm³/mol. The van der Waals surface area contributed by atoms with Gasteiger partial charge in [-0.1, -0.05) is 64.3 Å². The fourth-order valence-corrected chi connectivity index (χ4v) is 6.35. The van der Waals surface area contributed by atoms with Gasteiger partial charge < -0.3 is 18.9 Å². The van der Waals surface area contributed by atoms with Gasteiger partial charge in [0.25, 0.3) is 5.56 Å². The van der Waals surface area contributed by atoms with Crippen LogP contribution in [0.3, 0.4) is 0 Å². The zero-order valence-corrected chi connectivity index (χ0v) is 27.0. The molecule has 1 atom stereocenters. The number of rotatable bonds is 10. The average molecular weight is 674 g/mol. The molecule has 0 radical (unpaired) electrons. The first-order chi connectivity index (χ1) is 21.2. The van der Waals surface area contributed by atoms with Crippen molar-refractivity contribution in [2.75, 3.05) is 20.3 Å². The molecule has 2 heterocycles. The average Bonchev–Trinajstić information content (AvgIpc) is 3.32. The van der Waals surface area contributed by atoms with Gasteiger partial charge >= 0.3 is 5.97 Å². The van der Waals surface area contributed by atoms with Crippen molar-refractivity contribution in [2.24, 2.45) is 4.99 Å². The number of methoxy groups -OCH3 is 1. The second-order valence-corrected chi connectivity index (χ2v) is 11.8. The molecule has 0 aliphatic carbocycles. The van der Waals surface area contributed by atoms with Crippen molar-refractivity contribution in [1.29, 1.82) is 0 Å². The molecule has 4 aromatic rings. The van der Waals surface area contributed by atoms with Crippen LogP contribution >= 0.6 is 46.1 Å². The lowest BCUT2D eigenvalue weighted by Crippen LogP contribution is -2.39. The van der Waals surface area contributed by atoms with Crippen LogP contribution < -0.4 is 29.1 Å². The minimum Gasteiger partial charge on any atom is -0.490 e. The summed E-state index contributed by atoms with van der Waals surface area (Å²) in [5.41, 5.74) is 1.82. The molecule has 0 spiro atoms. The first-order valence-electron chi connectivity index (χ1n) is 13.6. The lowest BCUT2D eigenvalue weighted by molar-refractivity contribution is -0.136. The molecule has 0 amide bonds.